The summed E-state index contributed by atoms with van der Waals surface area (Å²) in [5, 5.41) is 16.2. The molecule has 150 valence electrons. The van der Waals surface area contributed by atoms with Gasteiger partial charge in [-0.25, -0.2) is 4.79 Å². The maximum absolute atomic E-state index is 11.2. The van der Waals surface area contributed by atoms with Crippen LogP contribution < -0.4 is 5.32 Å². The molecule has 0 radical (unpaired) electrons. The molecule has 0 unspecified atom stereocenters. The van der Waals surface area contributed by atoms with E-state index in [1.807, 2.05) is 14.1 Å². The summed E-state index contributed by atoms with van der Waals surface area (Å²) >= 11 is 0. The van der Waals surface area contributed by atoms with Crippen LogP contribution in [0.5, 0.6) is 0 Å². The van der Waals surface area contributed by atoms with Crippen LogP contribution in [0.25, 0.3) is 0 Å². The van der Waals surface area contributed by atoms with Crippen LogP contribution in [-0.2, 0) is 5.41 Å². The monoisotopic (exact) mass is 376 g/mol. The van der Waals surface area contributed by atoms with Crippen LogP contribution in [0.2, 0.25) is 0 Å². The Morgan fingerprint density at radius 1 is 1.22 bits per heavy atom. The molecule has 4 aliphatic rings. The Balaban J connectivity index is 1.46. The number of hydrogen-bond donors (Lipinski definition) is 2. The van der Waals surface area contributed by atoms with E-state index in [9.17, 15) is 9.90 Å². The molecule has 2 N–H and O–H groups in total. The molecule has 1 heterocycles. The molecule has 1 amide bonds. The van der Waals surface area contributed by atoms with Crippen LogP contribution in [0.4, 0.5) is 4.79 Å². The lowest BCUT2D eigenvalue weighted by Crippen LogP contribution is -2.49. The van der Waals surface area contributed by atoms with Gasteiger partial charge in [0.2, 0.25) is 5.89 Å². The molecule has 5 rings (SSSR count). The highest BCUT2D eigenvalue weighted by molar-refractivity contribution is 5.64. The maximum Gasteiger partial charge on any atom is 0.405 e. The maximum atomic E-state index is 11.2. The molecule has 1 aromatic rings. The molecule has 7 nitrogen and oxygen atoms in total. The average molecular weight is 377 g/mol. The third kappa shape index (κ3) is 3.98. The number of nitrogens with zero attached hydrogens (tertiary/aromatic N) is 3. The number of aromatic nitrogens is 2. The van der Waals surface area contributed by atoms with Crippen LogP contribution in [0.3, 0.4) is 0 Å². The molecule has 27 heavy (non-hydrogen) atoms. The molecular formula is C20H32N4O3. The number of carboxylic acid groups (broad SMARTS) is 1. The third-order valence-electron chi connectivity index (χ3n) is 6.90. The smallest absolute Gasteiger partial charge is 0.405 e. The topological polar surface area (TPSA) is 91.5 Å². The van der Waals surface area contributed by atoms with Gasteiger partial charge in [-0.15, -0.1) is 0 Å². The molecule has 7 heteroatoms. The van der Waals surface area contributed by atoms with Crippen molar-refractivity contribution >= 4 is 6.09 Å². The largest absolute Gasteiger partial charge is 0.465 e. The van der Waals surface area contributed by atoms with Gasteiger partial charge in [-0.1, -0.05) is 5.16 Å². The number of rotatable bonds is 8. The zero-order valence-corrected chi connectivity index (χ0v) is 16.5. The van der Waals surface area contributed by atoms with Crippen LogP contribution in [-0.4, -0.2) is 46.9 Å². The van der Waals surface area contributed by atoms with Crippen LogP contribution in [0.15, 0.2) is 4.52 Å². The van der Waals surface area contributed by atoms with Gasteiger partial charge in [0.1, 0.15) is 6.04 Å². The second kappa shape index (κ2) is 7.41. The number of hydrogen-bond acceptors (Lipinski definition) is 5. The summed E-state index contributed by atoms with van der Waals surface area (Å²) in [5.74, 6) is 3.72. The highest BCUT2D eigenvalue weighted by atomic mass is 16.5. The lowest BCUT2D eigenvalue weighted by molar-refractivity contribution is -0.0103. The fourth-order valence-electron chi connectivity index (χ4n) is 6.16. The highest BCUT2D eigenvalue weighted by Gasteiger charge is 2.53. The zero-order valence-electron chi connectivity index (χ0n) is 16.5. The van der Waals surface area contributed by atoms with E-state index >= 15 is 0 Å². The lowest BCUT2D eigenvalue weighted by atomic mass is 9.49. The van der Waals surface area contributed by atoms with Gasteiger partial charge in [-0.3, -0.25) is 0 Å². The van der Waals surface area contributed by atoms with Crippen molar-refractivity contribution in [2.24, 2.45) is 17.8 Å². The van der Waals surface area contributed by atoms with Gasteiger partial charge in [-0.2, -0.15) is 4.98 Å². The van der Waals surface area contributed by atoms with E-state index in [0.717, 1.165) is 43.0 Å². The van der Waals surface area contributed by atoms with Crippen molar-refractivity contribution in [3.8, 4) is 0 Å². The summed E-state index contributed by atoms with van der Waals surface area (Å²) < 4.78 is 5.60. The first-order chi connectivity index (χ1) is 12.9. The van der Waals surface area contributed by atoms with Gasteiger partial charge >= 0.3 is 6.09 Å². The van der Waals surface area contributed by atoms with Gasteiger partial charge < -0.3 is 19.8 Å². The first-order valence-corrected chi connectivity index (χ1v) is 10.4. The van der Waals surface area contributed by atoms with Gasteiger partial charge in [0.05, 0.1) is 0 Å². The zero-order chi connectivity index (χ0) is 19.0. The summed E-state index contributed by atoms with van der Waals surface area (Å²) in [7, 11) is 4.09. The Labute approximate surface area is 160 Å². The van der Waals surface area contributed by atoms with Crippen LogP contribution in [0.1, 0.15) is 75.5 Å². The minimum atomic E-state index is -1.04. The summed E-state index contributed by atoms with van der Waals surface area (Å²) in [6, 6.07) is -0.417. The van der Waals surface area contributed by atoms with E-state index in [0.29, 0.717) is 12.3 Å². The number of unbranched alkanes of at least 4 members (excludes halogenated alkanes) is 1. The van der Waals surface area contributed by atoms with E-state index in [4.69, 9.17) is 9.51 Å². The van der Waals surface area contributed by atoms with E-state index in [-0.39, 0.29) is 5.41 Å². The standard InChI is InChI=1S/C20H32N4O3/c1-24(2)6-4-3-5-16(21-19(25)26)17-22-18(23-27-17)20-10-13-7-14(11-20)9-15(8-13)12-20/h13-16,21H,3-12H2,1-2H3,(H,25,26)/t13?,14?,15?,16-,20?/m0/s1. The average Bonchev–Trinajstić information content (AvgIpc) is 3.06. The van der Waals surface area contributed by atoms with Crippen molar-refractivity contribution in [1.29, 1.82) is 0 Å². The minimum absolute atomic E-state index is 0.0786. The van der Waals surface area contributed by atoms with Crippen LogP contribution in [0, 0.1) is 17.8 Å². The van der Waals surface area contributed by atoms with Crippen molar-refractivity contribution in [3.63, 3.8) is 0 Å². The Bertz CT molecular complexity index is 637. The van der Waals surface area contributed by atoms with Crippen molar-refractivity contribution in [2.75, 3.05) is 20.6 Å². The second-order valence-corrected chi connectivity index (χ2v) is 9.46. The minimum Gasteiger partial charge on any atom is -0.465 e. The van der Waals surface area contributed by atoms with Crippen molar-refractivity contribution < 1.29 is 14.4 Å². The van der Waals surface area contributed by atoms with Crippen molar-refractivity contribution in [2.45, 2.75) is 69.2 Å². The van der Waals surface area contributed by atoms with Crippen LogP contribution >= 0.6 is 0 Å². The number of amides is 1. The predicted molar refractivity (Wildman–Crippen MR) is 100 cm³/mol. The molecule has 0 spiro atoms. The Kier molecular flexibility index (Phi) is 5.14. The lowest BCUT2D eigenvalue weighted by Gasteiger charge is -2.55. The number of nitrogens with one attached hydrogen (secondary N) is 1. The van der Waals surface area contributed by atoms with Gasteiger partial charge in [0.25, 0.3) is 0 Å². The van der Waals surface area contributed by atoms with E-state index in [1.54, 1.807) is 0 Å². The molecular weight excluding hydrogens is 344 g/mol. The van der Waals surface area contributed by atoms with Gasteiger partial charge in [0.15, 0.2) is 5.82 Å². The summed E-state index contributed by atoms with van der Waals surface area (Å²) in [4.78, 5) is 18.1. The molecule has 1 aromatic heterocycles. The molecule has 0 saturated heterocycles. The molecule has 4 fully saturated rings. The van der Waals surface area contributed by atoms with E-state index in [1.165, 1.54) is 38.5 Å². The van der Waals surface area contributed by atoms with E-state index in [2.05, 4.69) is 15.4 Å². The fraction of sp³-hybridized carbons (Fsp3) is 0.850. The first-order valence-electron chi connectivity index (χ1n) is 10.4. The summed E-state index contributed by atoms with van der Waals surface area (Å²) in [6.45, 7) is 0.988. The Morgan fingerprint density at radius 3 is 2.41 bits per heavy atom. The first kappa shape index (κ1) is 18.7. The summed E-state index contributed by atoms with van der Waals surface area (Å²) in [5.41, 5.74) is 0.0786. The quantitative estimate of drug-likeness (QED) is 0.674. The molecule has 0 aromatic carbocycles. The van der Waals surface area contributed by atoms with E-state index < -0.39 is 12.1 Å². The number of carbonyl (C=O) groups is 1. The molecule has 4 saturated carbocycles. The molecule has 4 bridgehead atoms. The van der Waals surface area contributed by atoms with Crippen molar-refractivity contribution in [3.05, 3.63) is 11.7 Å². The molecule has 0 aliphatic heterocycles. The second-order valence-electron chi connectivity index (χ2n) is 9.46. The molecule has 1 atom stereocenters. The Hall–Kier alpha value is -1.63. The Morgan fingerprint density at radius 2 is 1.85 bits per heavy atom. The van der Waals surface area contributed by atoms with Gasteiger partial charge in [-0.05, 0) is 96.2 Å². The molecule has 4 aliphatic carbocycles. The summed E-state index contributed by atoms with van der Waals surface area (Å²) in [6.07, 6.45) is 9.23. The predicted octanol–water partition coefficient (Wildman–Crippen LogP) is 3.58. The highest BCUT2D eigenvalue weighted by Crippen LogP contribution is 2.60. The van der Waals surface area contributed by atoms with Gasteiger partial charge in [0, 0.05) is 5.41 Å². The fourth-order valence-corrected chi connectivity index (χ4v) is 6.16. The third-order valence-corrected chi connectivity index (χ3v) is 6.90. The van der Waals surface area contributed by atoms with Crippen molar-refractivity contribution in [1.82, 2.24) is 20.4 Å². The SMILES string of the molecule is CN(C)CCCC[C@H](NC(=O)O)c1nc(C23CC4CC(CC(C4)C2)C3)no1. The normalized spacial score (nSPS) is 32.8.